The van der Waals surface area contributed by atoms with E-state index in [1.165, 1.54) is 6.26 Å². The highest BCUT2D eigenvalue weighted by Gasteiger charge is 2.47. The van der Waals surface area contributed by atoms with Gasteiger partial charge in [0.1, 0.15) is 0 Å². The van der Waals surface area contributed by atoms with Crippen LogP contribution in [0, 0.1) is 6.92 Å². The molecule has 0 saturated carbocycles. The molecule has 1 aromatic heterocycles. The number of likely N-dealkylation sites (tertiary alicyclic amines) is 1. The molecular formula is C20H22N2O3S. The number of hydrogen-bond donors (Lipinski definition) is 0. The van der Waals surface area contributed by atoms with E-state index in [-0.39, 0.29) is 16.7 Å². The van der Waals surface area contributed by atoms with Crippen molar-refractivity contribution in [2.45, 2.75) is 24.6 Å². The van der Waals surface area contributed by atoms with E-state index in [2.05, 4.69) is 0 Å². The summed E-state index contributed by atoms with van der Waals surface area (Å²) in [6.07, 6.45) is 3.12. The number of piperidine rings is 1. The summed E-state index contributed by atoms with van der Waals surface area (Å²) in [4.78, 5) is 29.2. The van der Waals surface area contributed by atoms with E-state index in [0.29, 0.717) is 18.8 Å². The zero-order valence-electron chi connectivity index (χ0n) is 14.8. The van der Waals surface area contributed by atoms with Crippen LogP contribution in [0.25, 0.3) is 0 Å². The van der Waals surface area contributed by atoms with Gasteiger partial charge in [-0.15, -0.1) is 11.8 Å². The van der Waals surface area contributed by atoms with Crippen LogP contribution >= 0.6 is 11.8 Å². The Bertz CT molecular complexity index is 793. The lowest BCUT2D eigenvalue weighted by Crippen LogP contribution is -2.53. The Morgan fingerprint density at radius 2 is 1.77 bits per heavy atom. The van der Waals surface area contributed by atoms with Crippen molar-refractivity contribution in [2.24, 2.45) is 0 Å². The number of benzene rings is 1. The van der Waals surface area contributed by atoms with Crippen LogP contribution in [0.1, 0.15) is 39.3 Å². The highest BCUT2D eigenvalue weighted by molar-refractivity contribution is 8.00. The number of nitrogens with zero attached hydrogens (tertiary/aromatic N) is 2. The molecule has 0 unspecified atom stereocenters. The molecule has 1 aromatic carbocycles. The van der Waals surface area contributed by atoms with E-state index in [9.17, 15) is 9.59 Å². The second-order valence-electron chi connectivity index (χ2n) is 6.89. The maximum Gasteiger partial charge on any atom is 0.290 e. The molecule has 4 rings (SSSR count). The van der Waals surface area contributed by atoms with Gasteiger partial charge in [0.2, 0.25) is 0 Å². The Hall–Kier alpha value is -2.21. The molecule has 2 fully saturated rings. The second-order valence-corrected chi connectivity index (χ2v) is 8.34. The first-order valence-corrected chi connectivity index (χ1v) is 9.93. The van der Waals surface area contributed by atoms with Gasteiger partial charge in [-0.25, -0.2) is 0 Å². The summed E-state index contributed by atoms with van der Waals surface area (Å²) in [6, 6.07) is 11.2. The van der Waals surface area contributed by atoms with Gasteiger partial charge in [0.15, 0.2) is 5.76 Å². The van der Waals surface area contributed by atoms with Crippen molar-refractivity contribution in [3.05, 3.63) is 59.5 Å². The highest BCUT2D eigenvalue weighted by atomic mass is 32.2. The van der Waals surface area contributed by atoms with Gasteiger partial charge in [-0.2, -0.15) is 0 Å². The van der Waals surface area contributed by atoms with Crippen LogP contribution in [0.5, 0.6) is 0 Å². The van der Waals surface area contributed by atoms with Crippen molar-refractivity contribution in [2.75, 3.05) is 25.4 Å². The molecule has 0 bridgehead atoms. The highest BCUT2D eigenvalue weighted by Crippen LogP contribution is 2.44. The van der Waals surface area contributed by atoms with E-state index < -0.39 is 0 Å². The zero-order valence-corrected chi connectivity index (χ0v) is 15.6. The summed E-state index contributed by atoms with van der Waals surface area (Å²) in [5.41, 5.74) is 1.88. The van der Waals surface area contributed by atoms with Crippen LogP contribution in [-0.4, -0.2) is 51.9 Å². The number of aryl methyl sites for hydroxylation is 1. The Morgan fingerprint density at radius 1 is 1.04 bits per heavy atom. The first-order chi connectivity index (χ1) is 12.6. The summed E-state index contributed by atoms with van der Waals surface area (Å²) in [6.45, 7) is 4.08. The zero-order chi connectivity index (χ0) is 18.1. The van der Waals surface area contributed by atoms with Crippen LogP contribution in [-0.2, 0) is 0 Å². The molecule has 1 spiro atoms. The number of carbonyl (C=O) groups excluding carboxylic acids is 2. The second kappa shape index (κ2) is 6.83. The third-order valence-electron chi connectivity index (χ3n) is 5.29. The van der Waals surface area contributed by atoms with Crippen molar-refractivity contribution in [1.29, 1.82) is 0 Å². The number of thioether (sulfide) groups is 1. The minimum Gasteiger partial charge on any atom is -0.459 e. The van der Waals surface area contributed by atoms with Crippen molar-refractivity contribution in [1.82, 2.24) is 9.80 Å². The summed E-state index contributed by atoms with van der Waals surface area (Å²) >= 11 is 1.84. The van der Waals surface area contributed by atoms with Gasteiger partial charge in [-0.1, -0.05) is 17.7 Å². The molecule has 3 heterocycles. The smallest absolute Gasteiger partial charge is 0.290 e. The molecule has 6 heteroatoms. The molecule has 0 aliphatic carbocycles. The lowest BCUT2D eigenvalue weighted by Gasteiger charge is -2.43. The molecule has 2 amide bonds. The maximum atomic E-state index is 12.8. The molecule has 5 nitrogen and oxygen atoms in total. The maximum absolute atomic E-state index is 12.8. The summed E-state index contributed by atoms with van der Waals surface area (Å²) < 4.78 is 5.30. The predicted molar refractivity (Wildman–Crippen MR) is 101 cm³/mol. The third kappa shape index (κ3) is 3.03. The van der Waals surface area contributed by atoms with Gasteiger partial charge in [-0.3, -0.25) is 9.59 Å². The molecule has 0 N–H and O–H groups in total. The van der Waals surface area contributed by atoms with Crippen molar-refractivity contribution in [3.63, 3.8) is 0 Å². The molecule has 2 saturated heterocycles. The predicted octanol–water partition coefficient (Wildman–Crippen LogP) is 3.41. The summed E-state index contributed by atoms with van der Waals surface area (Å²) in [7, 11) is 0. The standard InChI is InChI=1S/C20H22N2O3S/c1-15-4-6-16(7-5-15)18(23)21-10-8-20(9-11-21)22(12-14-26-20)19(24)17-3-2-13-25-17/h2-7,13H,8-12,14H2,1H3. The van der Waals surface area contributed by atoms with Gasteiger partial charge in [0.05, 0.1) is 11.1 Å². The molecule has 0 atom stereocenters. The normalized spacial score (nSPS) is 19.1. The largest absolute Gasteiger partial charge is 0.459 e. The average Bonchev–Trinajstić information content (AvgIpc) is 3.32. The Balaban J connectivity index is 1.46. The van der Waals surface area contributed by atoms with Crippen molar-refractivity contribution >= 4 is 23.6 Å². The molecule has 2 aliphatic rings. The number of carbonyl (C=O) groups is 2. The fourth-order valence-corrected chi connectivity index (χ4v) is 5.24. The van der Waals surface area contributed by atoms with Crippen LogP contribution < -0.4 is 0 Å². The first kappa shape index (κ1) is 17.2. The van der Waals surface area contributed by atoms with Gasteiger partial charge in [-0.05, 0) is 44.0 Å². The van der Waals surface area contributed by atoms with Crippen molar-refractivity contribution in [3.8, 4) is 0 Å². The van der Waals surface area contributed by atoms with E-state index in [0.717, 1.165) is 36.3 Å². The van der Waals surface area contributed by atoms with Crippen molar-refractivity contribution < 1.29 is 14.0 Å². The molecule has 26 heavy (non-hydrogen) atoms. The lowest BCUT2D eigenvalue weighted by atomic mass is 10.0. The van der Waals surface area contributed by atoms with Crippen LogP contribution in [0.2, 0.25) is 0 Å². The first-order valence-electron chi connectivity index (χ1n) is 8.94. The summed E-state index contributed by atoms with van der Waals surface area (Å²) in [5, 5.41) is 0. The molecule has 136 valence electrons. The van der Waals surface area contributed by atoms with E-state index >= 15 is 0 Å². The van der Waals surface area contributed by atoms with Crippen LogP contribution in [0.3, 0.4) is 0 Å². The Morgan fingerprint density at radius 3 is 2.42 bits per heavy atom. The van der Waals surface area contributed by atoms with Gasteiger partial charge >= 0.3 is 0 Å². The monoisotopic (exact) mass is 370 g/mol. The van der Waals surface area contributed by atoms with Crippen LogP contribution in [0.4, 0.5) is 0 Å². The van der Waals surface area contributed by atoms with Gasteiger partial charge in [0.25, 0.3) is 11.8 Å². The fraction of sp³-hybridized carbons (Fsp3) is 0.400. The van der Waals surface area contributed by atoms with Gasteiger partial charge in [0, 0.05) is 31.0 Å². The summed E-state index contributed by atoms with van der Waals surface area (Å²) in [5.74, 6) is 1.35. The van der Waals surface area contributed by atoms with E-state index in [1.54, 1.807) is 12.1 Å². The van der Waals surface area contributed by atoms with Crippen LogP contribution in [0.15, 0.2) is 47.1 Å². The molecule has 2 aromatic rings. The Kier molecular flexibility index (Phi) is 4.53. The minimum absolute atomic E-state index is 0.0432. The average molecular weight is 370 g/mol. The lowest BCUT2D eigenvalue weighted by molar-refractivity contribution is 0.0477. The number of amides is 2. The van der Waals surface area contributed by atoms with E-state index in [1.807, 2.05) is 52.8 Å². The SMILES string of the molecule is Cc1ccc(C(=O)N2CCC3(CC2)SCCN3C(=O)c2ccco2)cc1. The quantitative estimate of drug-likeness (QED) is 0.813. The van der Waals surface area contributed by atoms with Gasteiger partial charge < -0.3 is 14.2 Å². The Labute approximate surface area is 157 Å². The minimum atomic E-state index is -0.214. The topological polar surface area (TPSA) is 53.8 Å². The molecule has 0 radical (unpaired) electrons. The molecular weight excluding hydrogens is 348 g/mol. The fourth-order valence-electron chi connectivity index (χ4n) is 3.78. The molecule has 2 aliphatic heterocycles. The number of rotatable bonds is 2. The number of furan rings is 1. The van der Waals surface area contributed by atoms with E-state index in [4.69, 9.17) is 4.42 Å². The third-order valence-corrected chi connectivity index (χ3v) is 6.84. The number of hydrogen-bond acceptors (Lipinski definition) is 4.